The Morgan fingerprint density at radius 2 is 1.86 bits per heavy atom. The van der Waals surface area contributed by atoms with Gasteiger partial charge in [-0.3, -0.25) is 9.69 Å². The number of carbonyl (C=O) groups is 1. The second-order valence-electron chi connectivity index (χ2n) is 7.42. The molecule has 4 nitrogen and oxygen atoms in total. The van der Waals surface area contributed by atoms with Gasteiger partial charge < -0.3 is 9.64 Å². The molecule has 150 valence electrons. The van der Waals surface area contributed by atoms with E-state index in [-0.39, 0.29) is 11.8 Å². The van der Waals surface area contributed by atoms with E-state index in [1.807, 2.05) is 31.1 Å². The average molecular weight is 445 g/mol. The first-order valence-corrected chi connectivity index (χ1v) is 11.0. The monoisotopic (exact) mass is 444 g/mol. The lowest BCUT2D eigenvalue weighted by Crippen LogP contribution is -2.37. The summed E-state index contributed by atoms with van der Waals surface area (Å²) >= 11 is 3.50. The molecule has 2 aromatic rings. The number of hydrogen-bond acceptors (Lipinski definition) is 4. The highest BCUT2D eigenvalue weighted by molar-refractivity contribution is 9.09. The lowest BCUT2D eigenvalue weighted by Gasteiger charge is -2.30. The highest BCUT2D eigenvalue weighted by Gasteiger charge is 2.24. The highest BCUT2D eigenvalue weighted by atomic mass is 79.9. The summed E-state index contributed by atoms with van der Waals surface area (Å²) < 4.78 is 5.49. The summed E-state index contributed by atoms with van der Waals surface area (Å²) in [6.45, 7) is 3.29. The number of halogens is 1. The predicted octanol–water partition coefficient (Wildman–Crippen LogP) is 4.01. The molecule has 0 saturated carbocycles. The van der Waals surface area contributed by atoms with Crippen molar-refractivity contribution in [3.05, 3.63) is 65.2 Å². The van der Waals surface area contributed by atoms with E-state index in [4.69, 9.17) is 4.74 Å². The molecule has 0 aliphatic carbocycles. The van der Waals surface area contributed by atoms with Crippen molar-refractivity contribution in [1.82, 2.24) is 4.90 Å². The number of benzene rings is 2. The van der Waals surface area contributed by atoms with E-state index in [2.05, 4.69) is 57.2 Å². The Balaban J connectivity index is 1.96. The van der Waals surface area contributed by atoms with E-state index in [0.29, 0.717) is 0 Å². The van der Waals surface area contributed by atoms with Gasteiger partial charge in [0.1, 0.15) is 0 Å². The number of Topliss-reactive ketones (excluding diaryl/α,β-unsaturated/α-hetero) is 1. The van der Waals surface area contributed by atoms with Crippen molar-refractivity contribution in [1.29, 1.82) is 0 Å². The Hall–Kier alpha value is -1.69. The molecule has 3 rings (SSSR count). The predicted molar refractivity (Wildman–Crippen MR) is 119 cm³/mol. The minimum atomic E-state index is -0.122. The number of carbonyl (C=O) groups excluding carboxylic acids is 1. The molecule has 0 spiro atoms. The van der Waals surface area contributed by atoms with Gasteiger partial charge in [-0.15, -0.1) is 0 Å². The second-order valence-corrected chi connectivity index (χ2v) is 8.22. The molecule has 1 heterocycles. The van der Waals surface area contributed by atoms with Crippen molar-refractivity contribution >= 4 is 27.4 Å². The maximum Gasteiger partial charge on any atom is 0.180 e. The molecule has 1 aliphatic heterocycles. The second kappa shape index (κ2) is 10.2. The van der Waals surface area contributed by atoms with Gasteiger partial charge in [0.05, 0.1) is 19.3 Å². The van der Waals surface area contributed by atoms with Crippen molar-refractivity contribution in [3.63, 3.8) is 0 Å². The molecule has 1 atom stereocenters. The van der Waals surface area contributed by atoms with Crippen LogP contribution in [0.25, 0.3) is 0 Å². The smallest absolute Gasteiger partial charge is 0.180 e. The van der Waals surface area contributed by atoms with Gasteiger partial charge in [-0.05, 0) is 56.3 Å². The third kappa shape index (κ3) is 5.22. The number of nitrogens with zero attached hydrogens (tertiary/aromatic N) is 2. The van der Waals surface area contributed by atoms with Crippen molar-refractivity contribution in [2.75, 3.05) is 50.6 Å². The van der Waals surface area contributed by atoms with Crippen molar-refractivity contribution in [2.24, 2.45) is 0 Å². The quantitative estimate of drug-likeness (QED) is 0.454. The van der Waals surface area contributed by atoms with Gasteiger partial charge in [-0.1, -0.05) is 46.3 Å². The number of morpholine rings is 1. The van der Waals surface area contributed by atoms with Crippen LogP contribution in [0.15, 0.2) is 48.5 Å². The van der Waals surface area contributed by atoms with Gasteiger partial charge in [0.15, 0.2) is 5.78 Å². The largest absolute Gasteiger partial charge is 0.378 e. The molecular weight excluding hydrogens is 416 g/mol. The van der Waals surface area contributed by atoms with E-state index in [9.17, 15) is 4.79 Å². The van der Waals surface area contributed by atoms with Gasteiger partial charge in [0.2, 0.25) is 0 Å². The zero-order valence-corrected chi connectivity index (χ0v) is 18.3. The first-order valence-electron chi connectivity index (χ1n) is 9.86. The molecule has 0 amide bonds. The first-order chi connectivity index (χ1) is 13.6. The number of ether oxygens (including phenoxy) is 1. The molecule has 28 heavy (non-hydrogen) atoms. The Morgan fingerprint density at radius 1 is 1.14 bits per heavy atom. The van der Waals surface area contributed by atoms with Crippen LogP contribution in [-0.2, 0) is 11.2 Å². The average Bonchev–Trinajstić information content (AvgIpc) is 2.72. The minimum Gasteiger partial charge on any atom is -0.378 e. The van der Waals surface area contributed by atoms with Crippen LogP contribution < -0.4 is 4.90 Å². The van der Waals surface area contributed by atoms with E-state index in [0.717, 1.165) is 55.6 Å². The van der Waals surface area contributed by atoms with Crippen LogP contribution in [0.3, 0.4) is 0 Å². The zero-order chi connectivity index (χ0) is 19.9. The van der Waals surface area contributed by atoms with Crippen molar-refractivity contribution in [2.45, 2.75) is 18.9 Å². The molecule has 1 fully saturated rings. The molecule has 2 aromatic carbocycles. The standard InChI is InChI=1S/C23H29BrN2O2/c1-25(2)22(10-11-24)23(27)21-9-8-20(26-12-14-28-15-13-26)17-19(21)16-18-6-4-3-5-7-18/h3-9,17,22H,10-16H2,1-2H3. The number of likely N-dealkylation sites (N-methyl/N-ethyl adjacent to an activating group) is 1. The Bertz CT molecular complexity index is 773. The topological polar surface area (TPSA) is 32.8 Å². The third-order valence-corrected chi connectivity index (χ3v) is 5.73. The molecule has 0 aromatic heterocycles. The van der Waals surface area contributed by atoms with E-state index >= 15 is 0 Å². The lowest BCUT2D eigenvalue weighted by atomic mass is 9.92. The molecule has 1 unspecified atom stereocenters. The molecule has 0 bridgehead atoms. The van der Waals surface area contributed by atoms with Crippen molar-refractivity contribution < 1.29 is 9.53 Å². The Labute approximate surface area is 176 Å². The first kappa shape index (κ1) is 21.0. The summed E-state index contributed by atoms with van der Waals surface area (Å²) in [5.41, 5.74) is 4.33. The molecule has 0 radical (unpaired) electrons. The van der Waals surface area contributed by atoms with E-state index < -0.39 is 0 Å². The minimum absolute atomic E-state index is 0.122. The third-order valence-electron chi connectivity index (χ3n) is 5.28. The fourth-order valence-corrected chi connectivity index (χ4v) is 4.14. The van der Waals surface area contributed by atoms with Crippen LogP contribution >= 0.6 is 15.9 Å². The Kier molecular flexibility index (Phi) is 7.65. The number of hydrogen-bond donors (Lipinski definition) is 0. The van der Waals surface area contributed by atoms with E-state index in [1.54, 1.807) is 0 Å². The van der Waals surface area contributed by atoms with Crippen LogP contribution in [0, 0.1) is 0 Å². The normalized spacial score (nSPS) is 15.6. The van der Waals surface area contributed by atoms with Crippen LogP contribution in [0.4, 0.5) is 5.69 Å². The lowest BCUT2D eigenvalue weighted by molar-refractivity contribution is 0.0872. The molecule has 1 saturated heterocycles. The summed E-state index contributed by atoms with van der Waals surface area (Å²) in [5, 5.41) is 0.807. The number of alkyl halides is 1. The van der Waals surface area contributed by atoms with Gasteiger partial charge >= 0.3 is 0 Å². The van der Waals surface area contributed by atoms with Crippen LogP contribution in [0.5, 0.6) is 0 Å². The SMILES string of the molecule is CN(C)C(CCBr)C(=O)c1ccc(N2CCOCC2)cc1Cc1ccccc1. The zero-order valence-electron chi connectivity index (χ0n) is 16.7. The Morgan fingerprint density at radius 3 is 2.50 bits per heavy atom. The van der Waals surface area contributed by atoms with Gasteiger partial charge in [-0.25, -0.2) is 0 Å². The maximum atomic E-state index is 13.4. The van der Waals surface area contributed by atoms with Crippen LogP contribution in [-0.4, -0.2) is 62.5 Å². The van der Waals surface area contributed by atoms with Gasteiger partial charge in [0.25, 0.3) is 0 Å². The van der Waals surface area contributed by atoms with E-state index in [1.165, 1.54) is 11.3 Å². The van der Waals surface area contributed by atoms with Crippen molar-refractivity contribution in [3.8, 4) is 0 Å². The fraction of sp³-hybridized carbons (Fsp3) is 0.435. The molecule has 1 aliphatic rings. The summed E-state index contributed by atoms with van der Waals surface area (Å²) in [5.74, 6) is 0.198. The highest BCUT2D eigenvalue weighted by Crippen LogP contribution is 2.25. The molecule has 5 heteroatoms. The number of rotatable bonds is 8. The van der Waals surface area contributed by atoms with Gasteiger partial charge in [0, 0.05) is 29.7 Å². The summed E-state index contributed by atoms with van der Waals surface area (Å²) in [6.07, 6.45) is 1.55. The molecule has 0 N–H and O–H groups in total. The van der Waals surface area contributed by atoms with Crippen LogP contribution in [0.2, 0.25) is 0 Å². The summed E-state index contributed by atoms with van der Waals surface area (Å²) in [6, 6.07) is 16.6. The number of anilines is 1. The van der Waals surface area contributed by atoms with Gasteiger partial charge in [-0.2, -0.15) is 0 Å². The summed E-state index contributed by atoms with van der Waals surface area (Å²) in [7, 11) is 3.95. The van der Waals surface area contributed by atoms with Crippen LogP contribution in [0.1, 0.15) is 27.9 Å². The number of ketones is 1. The molecular formula is C23H29BrN2O2. The fourth-order valence-electron chi connectivity index (χ4n) is 3.71. The summed E-state index contributed by atoms with van der Waals surface area (Å²) in [4.78, 5) is 17.7. The maximum absolute atomic E-state index is 13.4.